The summed E-state index contributed by atoms with van der Waals surface area (Å²) in [6.07, 6.45) is 0.617. The number of aliphatic carboxylic acids is 1. The van der Waals surface area contributed by atoms with E-state index in [1.165, 1.54) is 0 Å². The van der Waals surface area contributed by atoms with Crippen molar-refractivity contribution in [3.63, 3.8) is 0 Å². The molecule has 116 valence electrons. The van der Waals surface area contributed by atoms with Gasteiger partial charge in [-0.15, -0.1) is 0 Å². The summed E-state index contributed by atoms with van der Waals surface area (Å²) in [4.78, 5) is 39.6. The minimum Gasteiger partial charge on any atom is -0.480 e. The number of fused-ring (bicyclic) bond motifs is 1. The molecule has 0 saturated heterocycles. The van der Waals surface area contributed by atoms with Crippen LogP contribution in [0.2, 0.25) is 0 Å². The Bertz CT molecular complexity index is 621. The van der Waals surface area contributed by atoms with Gasteiger partial charge in [0.15, 0.2) is 0 Å². The molecule has 0 bridgehead atoms. The number of rotatable bonds is 5. The van der Waals surface area contributed by atoms with Crippen molar-refractivity contribution in [2.45, 2.75) is 18.9 Å². The highest BCUT2D eigenvalue weighted by Gasteiger charge is 2.37. The summed E-state index contributed by atoms with van der Waals surface area (Å²) >= 11 is 0. The first-order valence-corrected chi connectivity index (χ1v) is 6.69. The van der Waals surface area contributed by atoms with Gasteiger partial charge in [-0.1, -0.05) is 12.1 Å². The molecule has 0 aliphatic carbocycles. The number of carbonyl (C=O) groups is 3. The van der Waals surface area contributed by atoms with Gasteiger partial charge in [0.2, 0.25) is 5.96 Å². The molecule has 0 fully saturated rings. The van der Waals surface area contributed by atoms with Crippen molar-refractivity contribution in [1.29, 1.82) is 0 Å². The Kier molecular flexibility index (Phi) is 4.52. The fourth-order valence-corrected chi connectivity index (χ4v) is 2.10. The first-order valence-electron chi connectivity index (χ1n) is 6.69. The van der Waals surface area contributed by atoms with Crippen LogP contribution in [0, 0.1) is 0 Å². The van der Waals surface area contributed by atoms with E-state index < -0.39 is 23.8 Å². The van der Waals surface area contributed by atoms with Crippen molar-refractivity contribution in [2.24, 2.45) is 16.5 Å². The lowest BCUT2D eigenvalue weighted by molar-refractivity contribution is -0.138. The quantitative estimate of drug-likeness (QED) is 0.298. The monoisotopic (exact) mass is 304 g/mol. The first kappa shape index (κ1) is 15.6. The summed E-state index contributed by atoms with van der Waals surface area (Å²) in [5.74, 6) is -2.31. The molecule has 8 heteroatoms. The molecule has 2 amide bonds. The molecule has 5 N–H and O–H groups in total. The van der Waals surface area contributed by atoms with Gasteiger partial charge in [0.25, 0.3) is 11.8 Å². The molecule has 22 heavy (non-hydrogen) atoms. The van der Waals surface area contributed by atoms with Gasteiger partial charge in [0, 0.05) is 6.54 Å². The number of benzene rings is 1. The summed E-state index contributed by atoms with van der Waals surface area (Å²) in [5, 5.41) is 8.65. The van der Waals surface area contributed by atoms with Crippen molar-refractivity contribution in [1.82, 2.24) is 4.90 Å². The minimum absolute atomic E-state index is 0.181. The van der Waals surface area contributed by atoms with Gasteiger partial charge in [-0.2, -0.15) is 0 Å². The molecule has 8 nitrogen and oxygen atoms in total. The average Bonchev–Trinajstić information content (AvgIpc) is 2.75. The van der Waals surface area contributed by atoms with Gasteiger partial charge < -0.3 is 16.6 Å². The summed E-state index contributed by atoms with van der Waals surface area (Å²) in [6.45, 7) is 0.181. The lowest BCUT2D eigenvalue weighted by atomic mass is 10.1. The number of carboxylic acids is 1. The van der Waals surface area contributed by atoms with Crippen LogP contribution in [0.1, 0.15) is 33.6 Å². The lowest BCUT2D eigenvalue weighted by Crippen LogP contribution is -2.41. The van der Waals surface area contributed by atoms with Crippen LogP contribution in [0.4, 0.5) is 0 Å². The average molecular weight is 304 g/mol. The Balaban J connectivity index is 2.00. The van der Waals surface area contributed by atoms with Crippen molar-refractivity contribution >= 4 is 23.7 Å². The molecule has 1 heterocycles. The number of nitrogens with two attached hydrogens (primary N) is 2. The first-order chi connectivity index (χ1) is 10.4. The molecule has 2 rings (SSSR count). The van der Waals surface area contributed by atoms with Crippen LogP contribution >= 0.6 is 0 Å². The number of carboxylic acid groups (broad SMARTS) is 1. The SMILES string of the molecule is NC(=NCCCC(N)C(=O)O)N1C(=O)c2ccccc2C1=O. The topological polar surface area (TPSA) is 139 Å². The van der Waals surface area contributed by atoms with Crippen LogP contribution in [0.3, 0.4) is 0 Å². The van der Waals surface area contributed by atoms with Gasteiger partial charge in [-0.3, -0.25) is 19.4 Å². The molecule has 1 unspecified atom stereocenters. The fraction of sp³-hybridized carbons (Fsp3) is 0.286. The third-order valence-corrected chi connectivity index (χ3v) is 3.29. The number of carbonyl (C=O) groups excluding carboxylic acids is 2. The normalized spacial score (nSPS) is 15.9. The maximum atomic E-state index is 12.1. The lowest BCUT2D eigenvalue weighted by Gasteiger charge is -2.12. The molecule has 1 aromatic carbocycles. The summed E-state index contributed by atoms with van der Waals surface area (Å²) in [7, 11) is 0. The molecule has 0 spiro atoms. The largest absolute Gasteiger partial charge is 0.480 e. The molecule has 0 aromatic heterocycles. The zero-order chi connectivity index (χ0) is 16.3. The zero-order valence-electron chi connectivity index (χ0n) is 11.7. The van der Waals surface area contributed by atoms with Crippen molar-refractivity contribution in [3.05, 3.63) is 35.4 Å². The van der Waals surface area contributed by atoms with Gasteiger partial charge in [-0.05, 0) is 25.0 Å². The van der Waals surface area contributed by atoms with E-state index in [-0.39, 0.29) is 18.9 Å². The van der Waals surface area contributed by atoms with Gasteiger partial charge in [0.1, 0.15) is 6.04 Å². The van der Waals surface area contributed by atoms with Crippen LogP contribution < -0.4 is 11.5 Å². The fourth-order valence-electron chi connectivity index (χ4n) is 2.10. The number of imide groups is 1. The maximum absolute atomic E-state index is 12.1. The van der Waals surface area contributed by atoms with Crippen LogP contribution in [-0.4, -0.2) is 46.3 Å². The maximum Gasteiger partial charge on any atom is 0.320 e. The van der Waals surface area contributed by atoms with E-state index in [0.717, 1.165) is 4.90 Å². The second-order valence-electron chi connectivity index (χ2n) is 4.82. The van der Waals surface area contributed by atoms with Crippen LogP contribution in [0.25, 0.3) is 0 Å². The predicted octanol–water partition coefficient (Wildman–Crippen LogP) is -0.211. The Labute approximate surface area is 126 Å². The second-order valence-corrected chi connectivity index (χ2v) is 4.82. The zero-order valence-corrected chi connectivity index (χ0v) is 11.7. The molecule has 1 aliphatic rings. The van der Waals surface area contributed by atoms with E-state index in [1.54, 1.807) is 24.3 Å². The van der Waals surface area contributed by atoms with Crippen molar-refractivity contribution in [2.75, 3.05) is 6.54 Å². The summed E-state index contributed by atoms with van der Waals surface area (Å²) < 4.78 is 0. The highest BCUT2D eigenvalue weighted by atomic mass is 16.4. The van der Waals surface area contributed by atoms with E-state index in [9.17, 15) is 14.4 Å². The van der Waals surface area contributed by atoms with Gasteiger partial charge in [0.05, 0.1) is 11.1 Å². The van der Waals surface area contributed by atoms with E-state index in [4.69, 9.17) is 16.6 Å². The number of hydrogen-bond donors (Lipinski definition) is 3. The Hall–Kier alpha value is -2.74. The van der Waals surface area contributed by atoms with E-state index in [0.29, 0.717) is 17.5 Å². The molecule has 0 saturated carbocycles. The smallest absolute Gasteiger partial charge is 0.320 e. The number of guanidine groups is 1. The molecule has 1 aliphatic heterocycles. The van der Waals surface area contributed by atoms with Crippen LogP contribution in [0.15, 0.2) is 29.3 Å². The number of amides is 2. The van der Waals surface area contributed by atoms with Crippen LogP contribution in [0.5, 0.6) is 0 Å². The highest BCUT2D eigenvalue weighted by molar-refractivity contribution is 6.29. The molecule has 1 aromatic rings. The Morgan fingerprint density at radius 2 is 1.77 bits per heavy atom. The third kappa shape index (κ3) is 2.96. The highest BCUT2D eigenvalue weighted by Crippen LogP contribution is 2.21. The summed E-state index contributed by atoms with van der Waals surface area (Å²) in [6, 6.07) is 5.46. The second kappa shape index (κ2) is 6.35. The molecule has 1 atom stereocenters. The number of aliphatic imine (C=N–C) groups is 1. The molecule has 0 radical (unpaired) electrons. The number of hydrogen-bond acceptors (Lipinski definition) is 5. The Morgan fingerprint density at radius 1 is 1.23 bits per heavy atom. The molecular weight excluding hydrogens is 288 g/mol. The summed E-state index contributed by atoms with van der Waals surface area (Å²) in [5.41, 5.74) is 11.6. The van der Waals surface area contributed by atoms with E-state index in [2.05, 4.69) is 4.99 Å². The van der Waals surface area contributed by atoms with Gasteiger partial charge in [-0.25, -0.2) is 4.90 Å². The van der Waals surface area contributed by atoms with Crippen LogP contribution in [-0.2, 0) is 4.79 Å². The van der Waals surface area contributed by atoms with Gasteiger partial charge >= 0.3 is 5.97 Å². The minimum atomic E-state index is -1.09. The van der Waals surface area contributed by atoms with E-state index >= 15 is 0 Å². The predicted molar refractivity (Wildman–Crippen MR) is 78.3 cm³/mol. The van der Waals surface area contributed by atoms with Crippen molar-refractivity contribution < 1.29 is 19.5 Å². The number of nitrogens with zero attached hydrogens (tertiary/aromatic N) is 2. The standard InChI is InChI=1S/C14H16N4O4/c15-10(13(21)22)6-3-7-17-14(16)18-11(19)8-4-1-2-5-9(8)12(18)20/h1-2,4-5,10H,3,6-7,15H2,(H2,16,17)(H,21,22). The Morgan fingerprint density at radius 3 is 2.27 bits per heavy atom. The third-order valence-electron chi connectivity index (χ3n) is 3.29. The molecular formula is C14H16N4O4. The van der Waals surface area contributed by atoms with Crippen molar-refractivity contribution in [3.8, 4) is 0 Å². The van der Waals surface area contributed by atoms with E-state index in [1.807, 2.05) is 0 Å².